The Kier molecular flexibility index (Phi) is 7.22. The lowest BCUT2D eigenvalue weighted by atomic mass is 10.1. The van der Waals surface area contributed by atoms with Gasteiger partial charge >= 0.3 is 0 Å². The van der Waals surface area contributed by atoms with Crippen LogP contribution in [0, 0.1) is 0 Å². The summed E-state index contributed by atoms with van der Waals surface area (Å²) in [6, 6.07) is 12.5. The fraction of sp³-hybridized carbons (Fsp3) is 0. The van der Waals surface area contributed by atoms with Gasteiger partial charge in [-0.3, -0.25) is 9.59 Å². The molecule has 3 aromatic carbocycles. The molecule has 4 N–H and O–H groups in total. The van der Waals surface area contributed by atoms with E-state index in [0.29, 0.717) is 40.4 Å². The number of nitrogens with one attached hydrogen (secondary N) is 2. The van der Waals surface area contributed by atoms with Crippen LogP contribution in [0.5, 0.6) is 11.5 Å². The summed E-state index contributed by atoms with van der Waals surface area (Å²) >= 11 is 12.9. The third-order valence-electron chi connectivity index (χ3n) is 3.96. The van der Waals surface area contributed by atoms with Crippen molar-refractivity contribution < 1.29 is 19.8 Å². The van der Waals surface area contributed by atoms with Gasteiger partial charge in [-0.2, -0.15) is 0 Å². The highest BCUT2D eigenvalue weighted by atomic mass is 79.9. The van der Waals surface area contributed by atoms with Crippen LogP contribution in [0.25, 0.3) is 0 Å². The average Bonchev–Trinajstić information content (AvgIpc) is 2.70. The number of hydrogen-bond donors (Lipinski definition) is 4. The van der Waals surface area contributed by atoms with Gasteiger partial charge in [0.25, 0.3) is 11.8 Å². The zero-order valence-corrected chi connectivity index (χ0v) is 21.2. The summed E-state index contributed by atoms with van der Waals surface area (Å²) in [5.74, 6) is -0.650. The lowest BCUT2D eigenvalue weighted by Crippen LogP contribution is -2.14. The van der Waals surface area contributed by atoms with Crippen molar-refractivity contribution in [3.05, 3.63) is 77.5 Å². The van der Waals surface area contributed by atoms with E-state index in [4.69, 9.17) is 0 Å². The molecule has 0 saturated carbocycles. The zero-order valence-electron chi connectivity index (χ0n) is 14.8. The lowest BCUT2D eigenvalue weighted by molar-refractivity contribution is 0.101. The van der Waals surface area contributed by atoms with E-state index < -0.39 is 0 Å². The van der Waals surface area contributed by atoms with E-state index in [1.807, 2.05) is 0 Å². The maximum atomic E-state index is 12.5. The van der Waals surface area contributed by atoms with Crippen LogP contribution in [0.3, 0.4) is 0 Å². The van der Waals surface area contributed by atoms with Crippen molar-refractivity contribution in [1.29, 1.82) is 0 Å². The number of phenols is 2. The number of phenolic OH excluding ortho intramolecular Hbond substituents is 2. The molecule has 0 aliphatic heterocycles. The summed E-state index contributed by atoms with van der Waals surface area (Å²) in [5.41, 5.74) is 1.70. The first-order chi connectivity index (χ1) is 14.2. The van der Waals surface area contributed by atoms with Gasteiger partial charge in [-0.1, -0.05) is 0 Å². The number of amides is 2. The summed E-state index contributed by atoms with van der Waals surface area (Å²) in [7, 11) is 0. The standard InChI is InChI=1S/C20H12Br4N2O4/c21-13-5-11(6-14(22)17(13)27)25-19(29)9-1-2-10(4-3-9)20(30)26-12-7-15(23)18(28)16(24)8-12/h1-8,27-28H,(H,25,29)(H,26,30). The smallest absolute Gasteiger partial charge is 0.255 e. The molecule has 0 fully saturated rings. The van der Waals surface area contributed by atoms with Gasteiger partial charge < -0.3 is 20.8 Å². The zero-order chi connectivity index (χ0) is 22.0. The number of benzene rings is 3. The molecule has 0 bridgehead atoms. The van der Waals surface area contributed by atoms with Crippen LogP contribution in [0.4, 0.5) is 11.4 Å². The number of aromatic hydroxyl groups is 2. The van der Waals surface area contributed by atoms with Gasteiger partial charge in [0.05, 0.1) is 17.9 Å². The minimum absolute atomic E-state index is 0.0380. The molecule has 0 unspecified atom stereocenters. The van der Waals surface area contributed by atoms with E-state index in [1.54, 1.807) is 24.3 Å². The number of carbonyl (C=O) groups excluding carboxylic acids is 2. The Bertz CT molecular complexity index is 1010. The summed E-state index contributed by atoms with van der Waals surface area (Å²) in [5, 5.41) is 25.0. The number of anilines is 2. The Hall–Kier alpha value is -1.88. The molecule has 30 heavy (non-hydrogen) atoms. The second kappa shape index (κ2) is 9.51. The van der Waals surface area contributed by atoms with Crippen molar-refractivity contribution in [3.63, 3.8) is 0 Å². The monoisotopic (exact) mass is 660 g/mol. The highest BCUT2D eigenvalue weighted by Gasteiger charge is 2.13. The highest BCUT2D eigenvalue weighted by Crippen LogP contribution is 2.36. The lowest BCUT2D eigenvalue weighted by Gasteiger charge is -2.10. The number of halogens is 4. The van der Waals surface area contributed by atoms with Gasteiger partial charge in [0.15, 0.2) is 0 Å². The third kappa shape index (κ3) is 5.23. The van der Waals surface area contributed by atoms with E-state index in [1.165, 1.54) is 24.3 Å². The van der Waals surface area contributed by atoms with Crippen molar-refractivity contribution in [2.75, 3.05) is 10.6 Å². The maximum absolute atomic E-state index is 12.5. The fourth-order valence-electron chi connectivity index (χ4n) is 2.45. The van der Waals surface area contributed by atoms with Gasteiger partial charge in [-0.05, 0) is 112 Å². The predicted molar refractivity (Wildman–Crippen MR) is 129 cm³/mol. The molecule has 0 aliphatic carbocycles. The molecule has 6 nitrogen and oxygen atoms in total. The second-order valence-corrected chi connectivity index (χ2v) is 9.48. The molecule has 2 amide bonds. The molecule has 0 radical (unpaired) electrons. The molecule has 0 heterocycles. The first-order valence-corrected chi connectivity index (χ1v) is 11.4. The Balaban J connectivity index is 1.71. The largest absolute Gasteiger partial charge is 0.506 e. The summed E-state index contributed by atoms with van der Waals surface area (Å²) in [4.78, 5) is 24.9. The molecule has 10 heteroatoms. The van der Waals surface area contributed by atoms with Crippen LogP contribution in [0.2, 0.25) is 0 Å². The van der Waals surface area contributed by atoms with E-state index in [9.17, 15) is 19.8 Å². The third-order valence-corrected chi connectivity index (χ3v) is 6.38. The molecular weight excluding hydrogens is 652 g/mol. The molecular formula is C20H12Br4N2O4. The van der Waals surface area contributed by atoms with Gasteiger partial charge in [0, 0.05) is 22.5 Å². The van der Waals surface area contributed by atoms with Crippen LogP contribution in [-0.2, 0) is 0 Å². The molecule has 0 spiro atoms. The van der Waals surface area contributed by atoms with Crippen LogP contribution in [-0.4, -0.2) is 22.0 Å². The van der Waals surface area contributed by atoms with Gasteiger partial charge in [0.2, 0.25) is 0 Å². The summed E-state index contributed by atoms with van der Waals surface area (Å²) in [6.07, 6.45) is 0. The second-order valence-electron chi connectivity index (χ2n) is 6.06. The minimum Gasteiger partial charge on any atom is -0.506 e. The van der Waals surface area contributed by atoms with Gasteiger partial charge in [-0.25, -0.2) is 0 Å². The van der Waals surface area contributed by atoms with E-state index in [2.05, 4.69) is 74.4 Å². The molecule has 3 rings (SSSR count). The van der Waals surface area contributed by atoms with Crippen LogP contribution < -0.4 is 10.6 Å². The first-order valence-electron chi connectivity index (χ1n) is 8.24. The first kappa shape index (κ1) is 22.8. The van der Waals surface area contributed by atoms with Crippen molar-refractivity contribution in [2.45, 2.75) is 0 Å². The topological polar surface area (TPSA) is 98.7 Å². The Labute approximate surface area is 205 Å². The van der Waals surface area contributed by atoms with E-state index in [0.717, 1.165) is 0 Å². The van der Waals surface area contributed by atoms with Crippen LogP contribution >= 0.6 is 63.7 Å². The van der Waals surface area contributed by atoms with Crippen molar-refractivity contribution >= 4 is 86.9 Å². The fourth-order valence-corrected chi connectivity index (χ4v) is 4.83. The quantitative estimate of drug-likeness (QED) is 0.235. The van der Waals surface area contributed by atoms with Crippen LogP contribution in [0.1, 0.15) is 20.7 Å². The predicted octanol–water partition coefficient (Wildman–Crippen LogP) is 6.65. The molecule has 3 aromatic rings. The molecule has 0 aliphatic rings. The maximum Gasteiger partial charge on any atom is 0.255 e. The molecule has 0 aromatic heterocycles. The Morgan fingerprint density at radius 3 is 1.13 bits per heavy atom. The number of carbonyl (C=O) groups is 2. The summed E-state index contributed by atoms with van der Waals surface area (Å²) < 4.78 is 1.75. The van der Waals surface area contributed by atoms with Crippen LogP contribution in [0.15, 0.2) is 66.4 Å². The number of hydrogen-bond acceptors (Lipinski definition) is 4. The SMILES string of the molecule is O=C(Nc1cc(Br)c(O)c(Br)c1)c1ccc(C(=O)Nc2cc(Br)c(O)c(Br)c2)cc1. The van der Waals surface area contributed by atoms with Crippen molar-refractivity contribution in [2.24, 2.45) is 0 Å². The average molecular weight is 664 g/mol. The van der Waals surface area contributed by atoms with Gasteiger partial charge in [0.1, 0.15) is 11.5 Å². The molecule has 154 valence electrons. The summed E-state index contributed by atoms with van der Waals surface area (Å²) in [6.45, 7) is 0. The molecule has 0 saturated heterocycles. The number of rotatable bonds is 4. The van der Waals surface area contributed by atoms with E-state index >= 15 is 0 Å². The van der Waals surface area contributed by atoms with Crippen molar-refractivity contribution in [3.8, 4) is 11.5 Å². The minimum atomic E-state index is -0.363. The molecule has 0 atom stereocenters. The van der Waals surface area contributed by atoms with Gasteiger partial charge in [-0.15, -0.1) is 0 Å². The van der Waals surface area contributed by atoms with E-state index in [-0.39, 0.29) is 23.3 Å². The Morgan fingerprint density at radius 2 is 0.867 bits per heavy atom. The normalized spacial score (nSPS) is 10.5. The highest BCUT2D eigenvalue weighted by molar-refractivity contribution is 9.11. The van der Waals surface area contributed by atoms with Crippen molar-refractivity contribution in [1.82, 2.24) is 0 Å². The Morgan fingerprint density at radius 1 is 0.600 bits per heavy atom.